The van der Waals surface area contributed by atoms with Gasteiger partial charge in [-0.3, -0.25) is 0 Å². The van der Waals surface area contributed by atoms with Gasteiger partial charge < -0.3 is 9.84 Å². The number of carboxylic acid groups (broad SMARTS) is 1. The maximum atomic E-state index is 10.5. The first kappa shape index (κ1) is 12.3. The summed E-state index contributed by atoms with van der Waals surface area (Å²) in [6.45, 7) is 5.98. The van der Waals surface area contributed by atoms with Gasteiger partial charge in [-0.05, 0) is 31.9 Å². The zero-order valence-corrected chi connectivity index (χ0v) is 9.40. The van der Waals surface area contributed by atoms with E-state index in [4.69, 9.17) is 9.84 Å². The molecule has 0 radical (unpaired) electrons. The van der Waals surface area contributed by atoms with E-state index in [0.717, 1.165) is 5.75 Å². The molecule has 1 N–H and O–H groups in total. The molecular formula is C13H16O3. The topological polar surface area (TPSA) is 46.5 Å². The van der Waals surface area contributed by atoms with E-state index >= 15 is 0 Å². The Bertz CT molecular complexity index is 365. The van der Waals surface area contributed by atoms with Crippen LogP contribution in [0, 0.1) is 6.92 Å². The van der Waals surface area contributed by atoms with Crippen molar-refractivity contribution in [2.75, 3.05) is 6.61 Å². The van der Waals surface area contributed by atoms with E-state index in [9.17, 15) is 4.79 Å². The van der Waals surface area contributed by atoms with Gasteiger partial charge >= 0.3 is 5.97 Å². The van der Waals surface area contributed by atoms with Crippen LogP contribution in [0.5, 0.6) is 5.75 Å². The zero-order chi connectivity index (χ0) is 12.0. The number of aliphatic carboxylic acids is 1. The number of hydrogen-bond acceptors (Lipinski definition) is 2. The zero-order valence-electron chi connectivity index (χ0n) is 9.40. The molecule has 1 aromatic carbocycles. The van der Waals surface area contributed by atoms with Crippen molar-refractivity contribution in [1.82, 2.24) is 0 Å². The lowest BCUT2D eigenvalue weighted by Gasteiger charge is -2.06. The summed E-state index contributed by atoms with van der Waals surface area (Å²) in [5.74, 6) is -0.123. The van der Waals surface area contributed by atoms with Crippen molar-refractivity contribution in [2.24, 2.45) is 0 Å². The van der Waals surface area contributed by atoms with Gasteiger partial charge in [0.2, 0.25) is 0 Å². The molecule has 0 aliphatic carbocycles. The van der Waals surface area contributed by atoms with Crippen molar-refractivity contribution in [1.29, 1.82) is 0 Å². The molecule has 0 unspecified atom stereocenters. The molecule has 0 heterocycles. The monoisotopic (exact) mass is 220 g/mol. The highest BCUT2D eigenvalue weighted by Gasteiger charge is 2.03. The molecule has 0 aliphatic heterocycles. The standard InChI is InChI=1S/C13H16O3/c1-10-5-7-12(8-6-10)16-9-3-4-11(2)13(14)15/h5-8H,2-4,9H2,1H3,(H,14,15). The van der Waals surface area contributed by atoms with Crippen molar-refractivity contribution < 1.29 is 14.6 Å². The molecule has 0 atom stereocenters. The van der Waals surface area contributed by atoms with Gasteiger partial charge in [0.25, 0.3) is 0 Å². The van der Waals surface area contributed by atoms with Gasteiger partial charge in [0.05, 0.1) is 6.61 Å². The third-order valence-corrected chi connectivity index (χ3v) is 2.22. The number of benzene rings is 1. The predicted octanol–water partition coefficient (Wildman–Crippen LogP) is 2.79. The molecule has 86 valence electrons. The summed E-state index contributed by atoms with van der Waals surface area (Å²) in [7, 11) is 0. The number of aryl methyl sites for hydroxylation is 1. The summed E-state index contributed by atoms with van der Waals surface area (Å²) in [6, 6.07) is 7.76. The highest BCUT2D eigenvalue weighted by Crippen LogP contribution is 2.12. The Morgan fingerprint density at radius 2 is 2.00 bits per heavy atom. The van der Waals surface area contributed by atoms with E-state index < -0.39 is 5.97 Å². The number of hydrogen-bond donors (Lipinski definition) is 1. The number of ether oxygens (including phenoxy) is 1. The highest BCUT2D eigenvalue weighted by molar-refractivity contribution is 5.85. The van der Waals surface area contributed by atoms with Crippen LogP contribution in [0.15, 0.2) is 36.4 Å². The normalized spacial score (nSPS) is 9.81. The Hall–Kier alpha value is -1.77. The van der Waals surface area contributed by atoms with Gasteiger partial charge in [0.15, 0.2) is 0 Å². The van der Waals surface area contributed by atoms with E-state index in [2.05, 4.69) is 6.58 Å². The minimum atomic E-state index is -0.935. The fourth-order valence-corrected chi connectivity index (χ4v) is 1.22. The van der Waals surface area contributed by atoms with E-state index in [1.54, 1.807) is 0 Å². The molecular weight excluding hydrogens is 204 g/mol. The second-order valence-corrected chi connectivity index (χ2v) is 3.67. The van der Waals surface area contributed by atoms with Gasteiger partial charge in [0, 0.05) is 5.57 Å². The summed E-state index contributed by atoms with van der Waals surface area (Å²) in [4.78, 5) is 10.5. The van der Waals surface area contributed by atoms with Gasteiger partial charge in [-0.1, -0.05) is 24.3 Å². The first-order valence-corrected chi connectivity index (χ1v) is 5.20. The van der Waals surface area contributed by atoms with Crippen LogP contribution in [-0.2, 0) is 4.79 Å². The largest absolute Gasteiger partial charge is 0.494 e. The van der Waals surface area contributed by atoms with Crippen molar-refractivity contribution in [3.63, 3.8) is 0 Å². The molecule has 0 fully saturated rings. The van der Waals surface area contributed by atoms with Crippen LogP contribution in [0.3, 0.4) is 0 Å². The Balaban J connectivity index is 2.23. The minimum absolute atomic E-state index is 0.229. The van der Waals surface area contributed by atoms with Gasteiger partial charge in [-0.2, -0.15) is 0 Å². The van der Waals surface area contributed by atoms with Crippen molar-refractivity contribution in [3.8, 4) is 5.75 Å². The van der Waals surface area contributed by atoms with Crippen LogP contribution >= 0.6 is 0 Å². The summed E-state index contributed by atoms with van der Waals surface area (Å²) in [6.07, 6.45) is 1.13. The molecule has 0 aliphatic rings. The average Bonchev–Trinajstić information content (AvgIpc) is 2.26. The Morgan fingerprint density at radius 1 is 1.38 bits per heavy atom. The molecule has 3 nitrogen and oxygen atoms in total. The predicted molar refractivity (Wildman–Crippen MR) is 62.7 cm³/mol. The first-order valence-electron chi connectivity index (χ1n) is 5.20. The van der Waals surface area contributed by atoms with E-state index in [1.807, 2.05) is 31.2 Å². The second kappa shape index (κ2) is 5.95. The summed E-state index contributed by atoms with van der Waals surface area (Å²) in [5.41, 5.74) is 1.42. The maximum absolute atomic E-state index is 10.5. The molecule has 0 saturated heterocycles. The molecule has 16 heavy (non-hydrogen) atoms. The molecule has 0 bridgehead atoms. The first-order chi connectivity index (χ1) is 7.59. The number of rotatable bonds is 6. The third-order valence-electron chi connectivity index (χ3n) is 2.22. The van der Waals surface area contributed by atoms with E-state index in [0.29, 0.717) is 19.4 Å². The number of carboxylic acids is 1. The summed E-state index contributed by atoms with van der Waals surface area (Å²) in [5, 5.41) is 8.59. The van der Waals surface area contributed by atoms with Crippen molar-refractivity contribution in [3.05, 3.63) is 42.0 Å². The van der Waals surface area contributed by atoms with Crippen LogP contribution in [-0.4, -0.2) is 17.7 Å². The SMILES string of the molecule is C=C(CCCOc1ccc(C)cc1)C(=O)O. The molecule has 3 heteroatoms. The van der Waals surface area contributed by atoms with Gasteiger partial charge in [0.1, 0.15) is 5.75 Å². The van der Waals surface area contributed by atoms with Crippen LogP contribution in [0.25, 0.3) is 0 Å². The Labute approximate surface area is 95.4 Å². The van der Waals surface area contributed by atoms with Crippen LogP contribution < -0.4 is 4.74 Å². The average molecular weight is 220 g/mol. The molecule has 1 rings (SSSR count). The fourth-order valence-electron chi connectivity index (χ4n) is 1.22. The molecule has 0 spiro atoms. The summed E-state index contributed by atoms with van der Waals surface area (Å²) < 4.78 is 5.46. The van der Waals surface area contributed by atoms with Gasteiger partial charge in [-0.25, -0.2) is 4.79 Å². The van der Waals surface area contributed by atoms with Gasteiger partial charge in [-0.15, -0.1) is 0 Å². The lowest BCUT2D eigenvalue weighted by molar-refractivity contribution is -0.132. The molecule has 0 amide bonds. The Kier molecular flexibility index (Phi) is 4.58. The number of carbonyl (C=O) groups is 1. The van der Waals surface area contributed by atoms with Crippen LogP contribution in [0.4, 0.5) is 0 Å². The van der Waals surface area contributed by atoms with Crippen molar-refractivity contribution in [2.45, 2.75) is 19.8 Å². The fraction of sp³-hybridized carbons (Fsp3) is 0.308. The van der Waals surface area contributed by atoms with E-state index in [-0.39, 0.29) is 5.57 Å². The van der Waals surface area contributed by atoms with E-state index in [1.165, 1.54) is 5.56 Å². The molecule has 0 saturated carbocycles. The summed E-state index contributed by atoms with van der Waals surface area (Å²) >= 11 is 0. The quantitative estimate of drug-likeness (QED) is 0.592. The Morgan fingerprint density at radius 3 is 2.56 bits per heavy atom. The third kappa shape index (κ3) is 4.17. The minimum Gasteiger partial charge on any atom is -0.494 e. The molecule has 0 aromatic heterocycles. The van der Waals surface area contributed by atoms with Crippen molar-refractivity contribution >= 4 is 5.97 Å². The van der Waals surface area contributed by atoms with Crippen LogP contribution in [0.1, 0.15) is 18.4 Å². The lowest BCUT2D eigenvalue weighted by Crippen LogP contribution is -2.02. The maximum Gasteiger partial charge on any atom is 0.330 e. The highest BCUT2D eigenvalue weighted by atomic mass is 16.5. The van der Waals surface area contributed by atoms with Crippen LogP contribution in [0.2, 0.25) is 0 Å². The smallest absolute Gasteiger partial charge is 0.330 e. The lowest BCUT2D eigenvalue weighted by atomic mass is 10.2. The molecule has 1 aromatic rings. The second-order valence-electron chi connectivity index (χ2n) is 3.67.